The van der Waals surface area contributed by atoms with E-state index in [1.54, 1.807) is 24.3 Å². The van der Waals surface area contributed by atoms with E-state index in [1.807, 2.05) is 47.9 Å². The van der Waals surface area contributed by atoms with E-state index < -0.39 is 10.1 Å². The maximum absolute atomic E-state index is 12.6. The highest BCUT2D eigenvalue weighted by molar-refractivity contribution is 7.87. The molecule has 0 aliphatic rings. The highest BCUT2D eigenvalue weighted by atomic mass is 35.5. The molecular formula is C27H22ClN3O3S. The van der Waals surface area contributed by atoms with Crippen molar-refractivity contribution < 1.29 is 12.6 Å². The largest absolute Gasteiger partial charge is 0.379 e. The molecular weight excluding hydrogens is 482 g/mol. The molecule has 0 radical (unpaired) electrons. The molecule has 3 aromatic carbocycles. The zero-order chi connectivity index (χ0) is 24.4. The summed E-state index contributed by atoms with van der Waals surface area (Å²) in [5, 5.41) is 3.96. The van der Waals surface area contributed by atoms with Crippen molar-refractivity contribution in [3.63, 3.8) is 0 Å². The molecule has 0 aliphatic heterocycles. The molecule has 0 amide bonds. The molecule has 2 heterocycles. The van der Waals surface area contributed by atoms with Crippen LogP contribution in [0, 0.1) is 6.92 Å². The van der Waals surface area contributed by atoms with Crippen LogP contribution in [0.2, 0.25) is 5.02 Å². The summed E-state index contributed by atoms with van der Waals surface area (Å²) in [6.45, 7) is 2.66. The first-order valence-corrected chi connectivity index (χ1v) is 12.7. The Hall–Kier alpha value is -3.81. The maximum atomic E-state index is 12.6. The van der Waals surface area contributed by atoms with Crippen LogP contribution in [0.3, 0.4) is 0 Å². The molecule has 0 saturated heterocycles. The van der Waals surface area contributed by atoms with Crippen LogP contribution in [-0.2, 0) is 16.7 Å². The third-order valence-corrected chi connectivity index (χ3v) is 7.03. The van der Waals surface area contributed by atoms with E-state index >= 15 is 0 Å². The van der Waals surface area contributed by atoms with E-state index in [2.05, 4.69) is 17.4 Å². The average Bonchev–Trinajstić information content (AvgIpc) is 3.21. The lowest BCUT2D eigenvalue weighted by Gasteiger charge is -2.10. The average molecular weight is 504 g/mol. The van der Waals surface area contributed by atoms with Crippen molar-refractivity contribution in [2.45, 2.75) is 18.4 Å². The lowest BCUT2D eigenvalue weighted by atomic mass is 10.1. The number of benzene rings is 3. The van der Waals surface area contributed by atoms with Gasteiger partial charge < -0.3 is 9.50 Å². The molecule has 0 atom stereocenters. The van der Waals surface area contributed by atoms with E-state index in [0.29, 0.717) is 11.6 Å². The number of nitrogens with one attached hydrogen (secondary N) is 1. The standard InChI is InChI=1S/C27H22ClN3O3S/c1-19-15-16-31-25(17-19)30-26(27(31)29-18-20-5-3-2-4-6-20)21-7-11-23(12-8-21)34-35(32,33)24-13-9-22(28)10-14-24/h2-17,29H,18H2,1H3. The number of hydrogen-bond acceptors (Lipinski definition) is 5. The number of hydrogen-bond donors (Lipinski definition) is 1. The molecule has 8 heteroatoms. The van der Waals surface area contributed by atoms with E-state index in [0.717, 1.165) is 33.8 Å². The van der Waals surface area contributed by atoms with Crippen molar-refractivity contribution in [1.29, 1.82) is 0 Å². The summed E-state index contributed by atoms with van der Waals surface area (Å²) >= 11 is 5.86. The highest BCUT2D eigenvalue weighted by Gasteiger charge is 2.18. The number of rotatable bonds is 7. The van der Waals surface area contributed by atoms with Gasteiger partial charge in [-0.05, 0) is 78.7 Å². The normalized spacial score (nSPS) is 11.5. The SMILES string of the molecule is Cc1ccn2c(NCc3ccccc3)c(-c3ccc(OS(=O)(=O)c4ccc(Cl)cc4)cc3)nc2c1. The molecule has 0 unspecified atom stereocenters. The smallest absolute Gasteiger partial charge is 0.339 e. The van der Waals surface area contributed by atoms with Gasteiger partial charge in [0, 0.05) is 23.3 Å². The Labute approximate surface area is 208 Å². The fraction of sp³-hybridized carbons (Fsp3) is 0.0741. The van der Waals surface area contributed by atoms with Gasteiger partial charge in [-0.2, -0.15) is 8.42 Å². The van der Waals surface area contributed by atoms with Crippen LogP contribution >= 0.6 is 11.6 Å². The number of nitrogens with zero attached hydrogens (tertiary/aromatic N) is 2. The Bertz CT molecular complexity index is 1580. The van der Waals surface area contributed by atoms with Crippen molar-refractivity contribution >= 4 is 33.2 Å². The van der Waals surface area contributed by atoms with Gasteiger partial charge in [-0.15, -0.1) is 0 Å². The second kappa shape index (κ2) is 9.44. The molecule has 176 valence electrons. The first-order valence-electron chi connectivity index (χ1n) is 11.0. The van der Waals surface area contributed by atoms with Gasteiger partial charge >= 0.3 is 10.1 Å². The summed E-state index contributed by atoms with van der Waals surface area (Å²) in [6, 6.07) is 26.9. The topological polar surface area (TPSA) is 72.7 Å². The van der Waals surface area contributed by atoms with E-state index in [-0.39, 0.29) is 10.6 Å². The fourth-order valence-electron chi connectivity index (χ4n) is 3.74. The summed E-state index contributed by atoms with van der Waals surface area (Å²) in [5.74, 6) is 1.06. The van der Waals surface area contributed by atoms with Gasteiger partial charge in [-0.1, -0.05) is 41.9 Å². The van der Waals surface area contributed by atoms with Crippen LogP contribution in [-0.4, -0.2) is 17.8 Å². The summed E-state index contributed by atoms with van der Waals surface area (Å²) in [5.41, 5.74) is 4.68. The van der Waals surface area contributed by atoms with Crippen molar-refractivity contribution in [2.75, 3.05) is 5.32 Å². The van der Waals surface area contributed by atoms with Gasteiger partial charge in [-0.25, -0.2) is 4.98 Å². The molecule has 0 bridgehead atoms. The van der Waals surface area contributed by atoms with Crippen molar-refractivity contribution in [3.05, 3.63) is 113 Å². The van der Waals surface area contributed by atoms with Gasteiger partial charge in [0.1, 0.15) is 27.8 Å². The Morgan fingerprint density at radius 1 is 0.943 bits per heavy atom. The van der Waals surface area contributed by atoms with Crippen molar-refractivity contribution in [1.82, 2.24) is 9.38 Å². The number of pyridine rings is 1. The highest BCUT2D eigenvalue weighted by Crippen LogP contribution is 2.31. The van der Waals surface area contributed by atoms with Crippen LogP contribution in [0.25, 0.3) is 16.9 Å². The lowest BCUT2D eigenvalue weighted by molar-refractivity contribution is 0.486. The number of imidazole rings is 1. The minimum absolute atomic E-state index is 0.0362. The van der Waals surface area contributed by atoms with Crippen LogP contribution in [0.4, 0.5) is 5.82 Å². The third-order valence-electron chi connectivity index (χ3n) is 5.52. The molecule has 0 aliphatic carbocycles. The zero-order valence-electron chi connectivity index (χ0n) is 18.9. The van der Waals surface area contributed by atoms with Crippen LogP contribution in [0.5, 0.6) is 5.75 Å². The summed E-state index contributed by atoms with van der Waals surface area (Å²) in [7, 11) is -3.97. The first-order chi connectivity index (χ1) is 16.9. The maximum Gasteiger partial charge on any atom is 0.339 e. The van der Waals surface area contributed by atoms with Crippen LogP contribution in [0.15, 0.2) is 102 Å². The van der Waals surface area contributed by atoms with Gasteiger partial charge in [0.05, 0.1) is 0 Å². The van der Waals surface area contributed by atoms with E-state index in [1.165, 1.54) is 24.3 Å². The van der Waals surface area contributed by atoms with E-state index in [9.17, 15) is 8.42 Å². The molecule has 0 fully saturated rings. The Balaban J connectivity index is 1.45. The zero-order valence-corrected chi connectivity index (χ0v) is 20.4. The fourth-order valence-corrected chi connectivity index (χ4v) is 4.80. The van der Waals surface area contributed by atoms with Gasteiger partial charge in [-0.3, -0.25) is 4.40 Å². The van der Waals surface area contributed by atoms with Gasteiger partial charge in [0.15, 0.2) is 0 Å². The van der Waals surface area contributed by atoms with Crippen molar-refractivity contribution in [3.8, 4) is 17.0 Å². The second-order valence-corrected chi connectivity index (χ2v) is 10.1. The number of halogens is 1. The molecule has 35 heavy (non-hydrogen) atoms. The molecule has 5 aromatic rings. The number of anilines is 1. The quantitative estimate of drug-likeness (QED) is 0.262. The lowest BCUT2D eigenvalue weighted by Crippen LogP contribution is -2.09. The monoisotopic (exact) mass is 503 g/mol. The summed E-state index contributed by atoms with van der Waals surface area (Å²) < 4.78 is 32.5. The number of aryl methyl sites for hydroxylation is 1. The summed E-state index contributed by atoms with van der Waals surface area (Å²) in [6.07, 6.45) is 1.99. The Morgan fingerprint density at radius 2 is 1.66 bits per heavy atom. The number of fused-ring (bicyclic) bond motifs is 1. The Kier molecular flexibility index (Phi) is 6.19. The molecule has 0 saturated carbocycles. The van der Waals surface area contributed by atoms with E-state index in [4.69, 9.17) is 20.8 Å². The Morgan fingerprint density at radius 3 is 2.37 bits per heavy atom. The van der Waals surface area contributed by atoms with Crippen LogP contribution < -0.4 is 9.50 Å². The molecule has 0 spiro atoms. The second-order valence-electron chi connectivity index (χ2n) is 8.10. The molecule has 2 aromatic heterocycles. The van der Waals surface area contributed by atoms with Gasteiger partial charge in [0.25, 0.3) is 0 Å². The predicted octanol–water partition coefficient (Wildman–Crippen LogP) is 6.34. The minimum Gasteiger partial charge on any atom is -0.379 e. The molecule has 5 rings (SSSR count). The first kappa shape index (κ1) is 23.0. The predicted molar refractivity (Wildman–Crippen MR) is 138 cm³/mol. The van der Waals surface area contributed by atoms with Gasteiger partial charge in [0.2, 0.25) is 0 Å². The van der Waals surface area contributed by atoms with Crippen LogP contribution in [0.1, 0.15) is 11.1 Å². The summed E-state index contributed by atoms with van der Waals surface area (Å²) in [4.78, 5) is 4.88. The van der Waals surface area contributed by atoms with Crippen molar-refractivity contribution in [2.24, 2.45) is 0 Å². The number of aromatic nitrogens is 2. The third kappa shape index (κ3) is 5.01. The minimum atomic E-state index is -3.97. The molecule has 6 nitrogen and oxygen atoms in total. The molecule has 1 N–H and O–H groups in total.